The van der Waals surface area contributed by atoms with Gasteiger partial charge in [-0.25, -0.2) is 9.59 Å². The maximum Gasteiger partial charge on any atom is 0.342 e. The molecule has 176 valence electrons. The highest BCUT2D eigenvalue weighted by Crippen LogP contribution is 2.50. The standard InChI is InChI=1S/C22H22O11/c1-7-15(24)9-6-12(20(30-4)17(26)13(9)21(27)31-7)33-18-8(2)32-22(28)14-10(18)5-11(23)19(29-3)16(14)25/h5-8,15,18,23-26H,1-4H3/t7-,8-,15+,18-/m1/s1. The summed E-state index contributed by atoms with van der Waals surface area (Å²) >= 11 is 0. The van der Waals surface area contributed by atoms with Crippen molar-refractivity contribution < 1.29 is 53.7 Å². The molecule has 2 aliphatic rings. The predicted octanol–water partition coefficient (Wildman–Crippen LogP) is 2.09. The van der Waals surface area contributed by atoms with E-state index in [1.54, 1.807) is 0 Å². The zero-order chi connectivity index (χ0) is 24.2. The van der Waals surface area contributed by atoms with Gasteiger partial charge in [0.25, 0.3) is 0 Å². The van der Waals surface area contributed by atoms with Crippen molar-refractivity contribution in [3.05, 3.63) is 34.4 Å². The lowest BCUT2D eigenvalue weighted by Gasteiger charge is -2.33. The van der Waals surface area contributed by atoms with Crippen molar-refractivity contribution >= 4 is 11.9 Å². The van der Waals surface area contributed by atoms with E-state index in [4.69, 9.17) is 23.7 Å². The van der Waals surface area contributed by atoms with Crippen LogP contribution in [0.1, 0.15) is 57.9 Å². The van der Waals surface area contributed by atoms with Crippen LogP contribution in [0.15, 0.2) is 12.1 Å². The van der Waals surface area contributed by atoms with Gasteiger partial charge >= 0.3 is 11.9 Å². The summed E-state index contributed by atoms with van der Waals surface area (Å²) in [4.78, 5) is 24.8. The molecule has 2 aromatic rings. The van der Waals surface area contributed by atoms with Gasteiger partial charge in [0.05, 0.1) is 14.2 Å². The monoisotopic (exact) mass is 462 g/mol. The van der Waals surface area contributed by atoms with E-state index in [-0.39, 0.29) is 39.5 Å². The maximum absolute atomic E-state index is 12.5. The second-order valence-corrected chi connectivity index (χ2v) is 7.67. The fourth-order valence-electron chi connectivity index (χ4n) is 4.06. The summed E-state index contributed by atoms with van der Waals surface area (Å²) in [6.07, 6.45) is -4.09. The van der Waals surface area contributed by atoms with Crippen LogP contribution in [0.3, 0.4) is 0 Å². The lowest BCUT2D eigenvalue weighted by Crippen LogP contribution is -2.34. The first-order valence-electron chi connectivity index (χ1n) is 9.93. The van der Waals surface area contributed by atoms with Gasteiger partial charge in [-0.1, -0.05) is 0 Å². The molecule has 2 aromatic carbocycles. The van der Waals surface area contributed by atoms with Gasteiger partial charge in [-0.2, -0.15) is 0 Å². The minimum Gasteiger partial charge on any atom is -0.504 e. The number of ether oxygens (including phenoxy) is 5. The van der Waals surface area contributed by atoms with E-state index in [2.05, 4.69) is 0 Å². The van der Waals surface area contributed by atoms with Crippen LogP contribution < -0.4 is 14.2 Å². The van der Waals surface area contributed by atoms with E-state index in [9.17, 15) is 30.0 Å². The number of methoxy groups -OCH3 is 2. The second-order valence-electron chi connectivity index (χ2n) is 7.67. The minimum atomic E-state index is -1.25. The van der Waals surface area contributed by atoms with Crippen LogP contribution in [-0.2, 0) is 9.47 Å². The lowest BCUT2D eigenvalue weighted by atomic mass is 9.93. The topological polar surface area (TPSA) is 161 Å². The van der Waals surface area contributed by atoms with Crippen molar-refractivity contribution in [3.8, 4) is 34.5 Å². The van der Waals surface area contributed by atoms with Crippen molar-refractivity contribution in [1.29, 1.82) is 0 Å². The number of aliphatic hydroxyl groups is 1. The number of carbonyl (C=O) groups excluding carboxylic acids is 2. The Morgan fingerprint density at radius 3 is 1.97 bits per heavy atom. The zero-order valence-corrected chi connectivity index (χ0v) is 18.1. The number of carbonyl (C=O) groups is 2. The smallest absolute Gasteiger partial charge is 0.342 e. The summed E-state index contributed by atoms with van der Waals surface area (Å²) < 4.78 is 26.6. The van der Waals surface area contributed by atoms with Crippen molar-refractivity contribution in [2.75, 3.05) is 14.2 Å². The molecular formula is C22H22O11. The molecule has 0 aromatic heterocycles. The van der Waals surface area contributed by atoms with Gasteiger partial charge in [-0.05, 0) is 26.0 Å². The van der Waals surface area contributed by atoms with Crippen LogP contribution >= 0.6 is 0 Å². The number of rotatable bonds is 4. The molecule has 0 spiro atoms. The number of phenols is 3. The Balaban J connectivity index is 1.87. The van der Waals surface area contributed by atoms with E-state index in [0.717, 1.165) is 0 Å². The molecule has 11 heteroatoms. The average Bonchev–Trinajstić information content (AvgIpc) is 2.74. The van der Waals surface area contributed by atoms with E-state index in [0.29, 0.717) is 0 Å². The number of esters is 2. The van der Waals surface area contributed by atoms with Gasteiger partial charge in [0.2, 0.25) is 11.5 Å². The minimum absolute atomic E-state index is 0.0631. The number of fused-ring (bicyclic) bond motifs is 2. The largest absolute Gasteiger partial charge is 0.504 e. The molecule has 4 N–H and O–H groups in total. The van der Waals surface area contributed by atoms with Gasteiger partial charge in [0.15, 0.2) is 29.1 Å². The van der Waals surface area contributed by atoms with Crippen molar-refractivity contribution in [2.45, 2.75) is 38.3 Å². The average molecular weight is 462 g/mol. The predicted molar refractivity (Wildman–Crippen MR) is 109 cm³/mol. The number of benzene rings is 2. The van der Waals surface area contributed by atoms with E-state index < -0.39 is 53.6 Å². The Labute approximate surface area is 187 Å². The van der Waals surface area contributed by atoms with E-state index in [1.807, 2.05) is 0 Å². The summed E-state index contributed by atoms with van der Waals surface area (Å²) in [5.41, 5.74) is -0.352. The Morgan fingerprint density at radius 2 is 1.36 bits per heavy atom. The molecule has 2 heterocycles. The molecule has 0 saturated carbocycles. The van der Waals surface area contributed by atoms with Gasteiger partial charge < -0.3 is 44.1 Å². The number of aliphatic hydroxyl groups excluding tert-OH is 1. The SMILES string of the molecule is COc1c(O)cc2c(c1O)C(=O)O[C@H](C)[C@H]2Oc1cc2c(c(O)c1OC)C(=O)O[C@H](C)[C@@H]2O. The van der Waals surface area contributed by atoms with Crippen molar-refractivity contribution in [1.82, 2.24) is 0 Å². The Bertz CT molecular complexity index is 1160. The maximum atomic E-state index is 12.5. The third-order valence-corrected chi connectivity index (χ3v) is 5.67. The summed E-state index contributed by atoms with van der Waals surface area (Å²) in [6.45, 7) is 3.02. The molecule has 0 unspecified atom stereocenters. The first kappa shape index (κ1) is 22.3. The van der Waals surface area contributed by atoms with Crippen molar-refractivity contribution in [3.63, 3.8) is 0 Å². The summed E-state index contributed by atoms with van der Waals surface area (Å²) in [5.74, 6) is -3.94. The number of cyclic esters (lactones) is 2. The molecule has 33 heavy (non-hydrogen) atoms. The third kappa shape index (κ3) is 3.32. The van der Waals surface area contributed by atoms with Crippen LogP contribution in [0.2, 0.25) is 0 Å². The first-order valence-corrected chi connectivity index (χ1v) is 9.93. The molecule has 0 fully saturated rings. The van der Waals surface area contributed by atoms with Crippen LogP contribution in [0.25, 0.3) is 0 Å². The zero-order valence-electron chi connectivity index (χ0n) is 18.1. The van der Waals surface area contributed by atoms with Crippen LogP contribution in [-0.4, -0.2) is 58.8 Å². The normalized spacial score (nSPS) is 23.7. The van der Waals surface area contributed by atoms with Gasteiger partial charge in [-0.15, -0.1) is 0 Å². The fourth-order valence-corrected chi connectivity index (χ4v) is 4.06. The number of hydrogen-bond acceptors (Lipinski definition) is 11. The second kappa shape index (κ2) is 7.93. The molecule has 11 nitrogen and oxygen atoms in total. The summed E-state index contributed by atoms with van der Waals surface area (Å²) in [5, 5.41) is 41.9. The third-order valence-electron chi connectivity index (χ3n) is 5.67. The Morgan fingerprint density at radius 1 is 0.818 bits per heavy atom. The van der Waals surface area contributed by atoms with Gasteiger partial charge in [-0.3, -0.25) is 0 Å². The van der Waals surface area contributed by atoms with Gasteiger partial charge in [0.1, 0.15) is 29.4 Å². The molecule has 0 radical (unpaired) electrons. The molecule has 0 amide bonds. The van der Waals surface area contributed by atoms with Crippen LogP contribution in [0.5, 0.6) is 34.5 Å². The molecule has 0 bridgehead atoms. The lowest BCUT2D eigenvalue weighted by molar-refractivity contribution is -0.0231. The number of phenolic OH excluding ortho intramolecular Hbond substituents is 3. The van der Waals surface area contributed by atoms with Crippen LogP contribution in [0.4, 0.5) is 0 Å². The number of aromatic hydroxyl groups is 3. The molecule has 4 atom stereocenters. The van der Waals surface area contributed by atoms with Crippen LogP contribution in [0, 0.1) is 0 Å². The summed E-state index contributed by atoms with van der Waals surface area (Å²) in [7, 11) is 2.45. The fraction of sp³-hybridized carbons (Fsp3) is 0.364. The van der Waals surface area contributed by atoms with E-state index in [1.165, 1.54) is 40.2 Å². The molecule has 0 aliphatic carbocycles. The highest BCUT2D eigenvalue weighted by atomic mass is 16.6. The number of hydrogen-bond donors (Lipinski definition) is 4. The highest BCUT2D eigenvalue weighted by molar-refractivity contribution is 5.98. The molecule has 0 saturated heterocycles. The Hall–Kier alpha value is -3.86. The first-order chi connectivity index (χ1) is 15.6. The van der Waals surface area contributed by atoms with Crippen molar-refractivity contribution in [2.24, 2.45) is 0 Å². The molecule has 2 aliphatic heterocycles. The Kier molecular flexibility index (Phi) is 5.36. The summed E-state index contributed by atoms with van der Waals surface area (Å²) in [6, 6.07) is 2.52. The molecular weight excluding hydrogens is 440 g/mol. The highest BCUT2D eigenvalue weighted by Gasteiger charge is 2.41. The van der Waals surface area contributed by atoms with Gasteiger partial charge in [0, 0.05) is 11.1 Å². The molecule has 4 rings (SSSR count). The van der Waals surface area contributed by atoms with E-state index >= 15 is 0 Å². The quantitative estimate of drug-likeness (QED) is 0.492.